The van der Waals surface area contributed by atoms with Crippen LogP contribution >= 0.6 is 11.3 Å². The zero-order valence-corrected chi connectivity index (χ0v) is 23.6. The zero-order chi connectivity index (χ0) is 27.2. The summed E-state index contributed by atoms with van der Waals surface area (Å²) in [6.45, 7) is 6.86. The highest BCUT2D eigenvalue weighted by Crippen LogP contribution is 2.43. The molecular weight excluding hydrogens is 520 g/mol. The van der Waals surface area contributed by atoms with Crippen LogP contribution in [0.4, 0.5) is 5.13 Å². The number of ether oxygens (including phenoxy) is 2. The zero-order valence-electron chi connectivity index (χ0n) is 22.8. The Hall–Kier alpha value is -3.25. The molecule has 3 aliphatic heterocycles. The number of hydrogen-bond donors (Lipinski definition) is 0. The minimum absolute atomic E-state index is 0.213. The predicted octanol–water partition coefficient (Wildman–Crippen LogP) is 5.20. The van der Waals surface area contributed by atoms with Crippen molar-refractivity contribution in [3.05, 3.63) is 64.0 Å². The van der Waals surface area contributed by atoms with Crippen LogP contribution in [0.3, 0.4) is 0 Å². The summed E-state index contributed by atoms with van der Waals surface area (Å²) >= 11 is 1.66. The maximum absolute atomic E-state index is 11.6. The number of morpholine rings is 1. The van der Waals surface area contributed by atoms with Gasteiger partial charge in [0.2, 0.25) is 0 Å². The van der Waals surface area contributed by atoms with E-state index in [-0.39, 0.29) is 5.92 Å². The van der Waals surface area contributed by atoms with Crippen molar-refractivity contribution >= 4 is 22.8 Å². The highest BCUT2D eigenvalue weighted by Gasteiger charge is 2.42. The second-order valence-corrected chi connectivity index (χ2v) is 12.7. The van der Waals surface area contributed by atoms with Crippen LogP contribution in [0, 0.1) is 36.0 Å². The fourth-order valence-electron chi connectivity index (χ4n) is 7.16. The standard InChI is InChI=1S/C32H34N4O3S/c1-20-2-7-31(28(8-20)30-19-40-32(34-30)36-13-22-5-6-23(14-36)29(22)16-37)39-17-24-4-3-21(9-25(24)11-33)12-35-15-27-10-26(35)18-38-27/h2-4,7-9,16,19,22-23,26-27,29H,5-6,10,12-15,17-18H2,1H3/t22?,23?,26-,27-,29?/m0/s1. The van der Waals surface area contributed by atoms with Crippen molar-refractivity contribution in [2.75, 3.05) is 31.1 Å². The molecule has 4 atom stereocenters. The first-order valence-electron chi connectivity index (χ1n) is 14.3. The SMILES string of the molecule is Cc1ccc(OCc2ccc(CN3C[C@@H]4C[C@H]3CO4)cc2C#N)c(-c2csc(N3CC4CCC(C3)C4C=O)n2)c1. The van der Waals surface area contributed by atoms with Gasteiger partial charge >= 0.3 is 0 Å². The molecule has 7 rings (SSSR count). The minimum atomic E-state index is 0.213. The van der Waals surface area contributed by atoms with Crippen molar-refractivity contribution in [3.8, 4) is 23.1 Å². The number of aryl methyl sites for hydroxylation is 1. The van der Waals surface area contributed by atoms with Crippen molar-refractivity contribution in [2.24, 2.45) is 17.8 Å². The summed E-state index contributed by atoms with van der Waals surface area (Å²) in [5, 5.41) is 13.0. The average molecular weight is 555 g/mol. The number of likely N-dealkylation sites (tertiary alicyclic amines) is 1. The number of piperidine rings is 1. The molecule has 2 aromatic carbocycles. The van der Waals surface area contributed by atoms with Crippen LogP contribution in [-0.2, 0) is 22.7 Å². The number of carbonyl (C=O) groups excluding carboxylic acids is 1. The number of anilines is 1. The van der Waals surface area contributed by atoms with E-state index in [4.69, 9.17) is 14.5 Å². The van der Waals surface area contributed by atoms with E-state index in [1.165, 1.54) is 6.29 Å². The Kier molecular flexibility index (Phi) is 6.82. The highest BCUT2D eigenvalue weighted by atomic mass is 32.1. The van der Waals surface area contributed by atoms with Crippen LogP contribution in [-0.4, -0.2) is 54.6 Å². The van der Waals surface area contributed by atoms with Crippen LogP contribution in [0.25, 0.3) is 11.3 Å². The summed E-state index contributed by atoms with van der Waals surface area (Å²) in [5.74, 6) is 1.87. The third-order valence-corrected chi connectivity index (χ3v) is 10.2. The fraction of sp³-hybridized carbons (Fsp3) is 0.469. The Morgan fingerprint density at radius 1 is 1.18 bits per heavy atom. The molecule has 1 aliphatic carbocycles. The molecule has 0 amide bonds. The van der Waals surface area contributed by atoms with Gasteiger partial charge in [-0.2, -0.15) is 5.26 Å². The molecule has 0 radical (unpaired) electrons. The van der Waals surface area contributed by atoms with Gasteiger partial charge in [0.25, 0.3) is 0 Å². The van der Waals surface area contributed by atoms with Crippen LogP contribution in [0.2, 0.25) is 0 Å². The van der Waals surface area contributed by atoms with Gasteiger partial charge in [0.1, 0.15) is 18.6 Å². The van der Waals surface area contributed by atoms with Gasteiger partial charge in [-0.25, -0.2) is 4.98 Å². The Morgan fingerprint density at radius 3 is 2.75 bits per heavy atom. The molecule has 206 valence electrons. The van der Waals surface area contributed by atoms with Gasteiger partial charge in [-0.15, -0.1) is 11.3 Å². The van der Waals surface area contributed by atoms with E-state index in [2.05, 4.69) is 46.4 Å². The lowest BCUT2D eigenvalue weighted by Crippen LogP contribution is -2.42. The Bertz CT molecular complexity index is 1450. The Balaban J connectivity index is 1.06. The second kappa shape index (κ2) is 10.6. The van der Waals surface area contributed by atoms with Gasteiger partial charge in [-0.1, -0.05) is 23.8 Å². The van der Waals surface area contributed by atoms with E-state index in [1.807, 2.05) is 18.2 Å². The van der Waals surface area contributed by atoms with Crippen LogP contribution < -0.4 is 9.64 Å². The Morgan fingerprint density at radius 2 is 2.02 bits per heavy atom. The number of benzene rings is 2. The van der Waals surface area contributed by atoms with Gasteiger partial charge < -0.3 is 19.2 Å². The van der Waals surface area contributed by atoms with Crippen molar-refractivity contribution in [1.82, 2.24) is 9.88 Å². The molecule has 1 aromatic heterocycles. The molecule has 3 saturated heterocycles. The minimum Gasteiger partial charge on any atom is -0.488 e. The monoisotopic (exact) mass is 554 g/mol. The number of aldehydes is 1. The van der Waals surface area contributed by atoms with Crippen molar-refractivity contribution in [1.29, 1.82) is 5.26 Å². The van der Waals surface area contributed by atoms with Gasteiger partial charge in [-0.3, -0.25) is 4.90 Å². The summed E-state index contributed by atoms with van der Waals surface area (Å²) < 4.78 is 12.1. The first-order valence-corrected chi connectivity index (χ1v) is 15.2. The molecule has 8 heteroatoms. The first kappa shape index (κ1) is 25.7. The van der Waals surface area contributed by atoms with E-state index in [0.717, 1.165) is 90.9 Å². The molecule has 7 nitrogen and oxygen atoms in total. The van der Waals surface area contributed by atoms with Gasteiger partial charge in [0.05, 0.1) is 30.0 Å². The molecule has 1 saturated carbocycles. The van der Waals surface area contributed by atoms with Crippen molar-refractivity contribution in [2.45, 2.75) is 51.5 Å². The third-order valence-electron chi connectivity index (χ3n) is 9.31. The molecule has 2 unspecified atom stereocenters. The second-order valence-electron chi connectivity index (χ2n) is 11.9. The number of rotatable bonds is 8. The molecule has 4 bridgehead atoms. The Labute approximate surface area is 239 Å². The van der Waals surface area contributed by atoms with Crippen LogP contribution in [0.15, 0.2) is 41.8 Å². The molecule has 4 fully saturated rings. The van der Waals surface area contributed by atoms with Crippen molar-refractivity contribution < 1.29 is 14.3 Å². The lowest BCUT2D eigenvalue weighted by Gasteiger charge is -2.35. The number of thiazole rings is 1. The maximum Gasteiger partial charge on any atom is 0.185 e. The van der Waals surface area contributed by atoms with E-state index < -0.39 is 0 Å². The first-order chi connectivity index (χ1) is 19.6. The van der Waals surface area contributed by atoms with Crippen molar-refractivity contribution in [3.63, 3.8) is 0 Å². The summed E-state index contributed by atoms with van der Waals surface area (Å²) in [6, 6.07) is 15.2. The summed E-state index contributed by atoms with van der Waals surface area (Å²) in [4.78, 5) is 21.4. The quantitative estimate of drug-likeness (QED) is 0.354. The highest BCUT2D eigenvalue weighted by molar-refractivity contribution is 7.14. The van der Waals surface area contributed by atoms with E-state index >= 15 is 0 Å². The number of nitrogens with zero attached hydrogens (tertiary/aromatic N) is 4. The molecule has 4 aliphatic rings. The van der Waals surface area contributed by atoms with E-state index in [0.29, 0.717) is 36.2 Å². The topological polar surface area (TPSA) is 78.7 Å². The number of aromatic nitrogens is 1. The third kappa shape index (κ3) is 4.81. The van der Waals surface area contributed by atoms with Gasteiger partial charge in [0.15, 0.2) is 5.13 Å². The average Bonchev–Trinajstić information content (AvgIpc) is 3.76. The lowest BCUT2D eigenvalue weighted by molar-refractivity contribution is -0.113. The largest absolute Gasteiger partial charge is 0.488 e. The van der Waals surface area contributed by atoms with Crippen LogP contribution in [0.5, 0.6) is 5.75 Å². The fourth-order valence-corrected chi connectivity index (χ4v) is 8.01. The summed E-state index contributed by atoms with van der Waals surface area (Å²) in [7, 11) is 0. The number of carbonyl (C=O) groups is 1. The number of fused-ring (bicyclic) bond motifs is 4. The number of hydrogen-bond acceptors (Lipinski definition) is 8. The molecule has 0 spiro atoms. The molecule has 4 heterocycles. The van der Waals surface area contributed by atoms with E-state index in [9.17, 15) is 10.1 Å². The smallest absolute Gasteiger partial charge is 0.185 e. The number of nitriles is 1. The van der Waals surface area contributed by atoms with Gasteiger partial charge in [-0.05, 0) is 61.8 Å². The maximum atomic E-state index is 11.6. The molecule has 0 N–H and O–H groups in total. The van der Waals surface area contributed by atoms with Crippen LogP contribution in [0.1, 0.15) is 41.5 Å². The van der Waals surface area contributed by atoms with Gasteiger partial charge in [0, 0.05) is 54.6 Å². The lowest BCUT2D eigenvalue weighted by atomic mass is 9.87. The molecular formula is C32H34N4O3S. The van der Waals surface area contributed by atoms with E-state index in [1.54, 1.807) is 11.3 Å². The summed E-state index contributed by atoms with van der Waals surface area (Å²) in [5.41, 5.74) is 5.72. The summed E-state index contributed by atoms with van der Waals surface area (Å²) in [6.07, 6.45) is 4.95. The normalized spacial score (nSPS) is 27.2. The molecule has 40 heavy (non-hydrogen) atoms. The predicted molar refractivity (Wildman–Crippen MR) is 154 cm³/mol. The molecule has 3 aromatic rings.